The highest BCUT2D eigenvalue weighted by Crippen LogP contribution is 2.22. The second-order valence-corrected chi connectivity index (χ2v) is 3.79. The summed E-state index contributed by atoms with van der Waals surface area (Å²) in [6.07, 6.45) is -4.82. The average Bonchev–Trinajstić information content (AvgIpc) is 2.15. The van der Waals surface area contributed by atoms with Gasteiger partial charge in [-0.25, -0.2) is 0 Å². The lowest BCUT2D eigenvalue weighted by Crippen LogP contribution is -2.58. The van der Waals surface area contributed by atoms with Gasteiger partial charge >= 0.3 is 0 Å². The number of ether oxygens (including phenoxy) is 2. The van der Waals surface area contributed by atoms with Gasteiger partial charge < -0.3 is 24.8 Å². The lowest BCUT2D eigenvalue weighted by molar-refractivity contribution is -0.284. The smallest absolute Gasteiger partial charge is 0.186 e. The van der Waals surface area contributed by atoms with Gasteiger partial charge in [-0.2, -0.15) is 0 Å². The van der Waals surface area contributed by atoms with Crippen LogP contribution in [0.15, 0.2) is 0 Å². The maximum absolute atomic E-state index is 9.43. The molecule has 1 aliphatic rings. The van der Waals surface area contributed by atoms with Gasteiger partial charge in [0.2, 0.25) is 0 Å². The van der Waals surface area contributed by atoms with E-state index in [0.717, 1.165) is 0 Å². The molecule has 1 rings (SSSR count). The van der Waals surface area contributed by atoms with Crippen molar-refractivity contribution < 1.29 is 24.8 Å². The summed E-state index contributed by atoms with van der Waals surface area (Å²) in [7, 11) is 1.38. The van der Waals surface area contributed by atoms with E-state index < -0.39 is 30.7 Å². The molecule has 0 aromatic rings. The first-order valence-corrected chi connectivity index (χ1v) is 5.42. The van der Waals surface area contributed by atoms with Crippen LogP contribution in [0.4, 0.5) is 0 Å². The Morgan fingerprint density at radius 2 is 1.85 bits per heavy atom. The Balaban J connectivity index is 2.66. The fraction of sp³-hybridized carbons (Fsp3) is 1.00. The molecule has 0 unspecified atom stereocenters. The summed E-state index contributed by atoms with van der Waals surface area (Å²) in [5.41, 5.74) is 0. The molecule has 1 heterocycles. The predicted octanol–water partition coefficient (Wildman–Crippen LogP) is -1.12. The molecule has 1 fully saturated rings. The van der Waals surface area contributed by atoms with E-state index in [9.17, 15) is 15.3 Å². The van der Waals surface area contributed by atoms with Crippen LogP contribution in [0.5, 0.6) is 0 Å². The van der Waals surface area contributed by atoms with Crippen molar-refractivity contribution in [1.29, 1.82) is 0 Å². The zero-order valence-electron chi connectivity index (χ0n) is 7.13. The van der Waals surface area contributed by atoms with Crippen molar-refractivity contribution in [2.45, 2.75) is 30.7 Å². The van der Waals surface area contributed by atoms with Crippen LogP contribution in [0.3, 0.4) is 0 Å². The molecule has 0 bridgehead atoms. The lowest BCUT2D eigenvalue weighted by atomic mass is 10.0. The van der Waals surface area contributed by atoms with Gasteiger partial charge in [0.25, 0.3) is 0 Å². The van der Waals surface area contributed by atoms with E-state index in [1.54, 1.807) is 0 Å². The molecular weight excluding hydrogens is 291 g/mol. The Bertz CT molecular complexity index is 147. The van der Waals surface area contributed by atoms with Crippen LogP contribution in [-0.4, -0.2) is 57.6 Å². The van der Waals surface area contributed by atoms with Crippen molar-refractivity contribution in [3.05, 3.63) is 0 Å². The van der Waals surface area contributed by atoms with Crippen LogP contribution in [0.25, 0.3) is 0 Å². The van der Waals surface area contributed by atoms with Gasteiger partial charge in [0.05, 0.1) is 6.10 Å². The van der Waals surface area contributed by atoms with E-state index in [1.807, 2.05) is 22.6 Å². The Morgan fingerprint density at radius 3 is 2.31 bits per heavy atom. The number of halogens is 1. The maximum atomic E-state index is 9.43. The number of hydrogen-bond donors (Lipinski definition) is 3. The first kappa shape index (κ1) is 11.6. The minimum atomic E-state index is -1.21. The molecule has 3 N–H and O–H groups in total. The summed E-state index contributed by atoms with van der Waals surface area (Å²) in [6.45, 7) is 0. The van der Waals surface area contributed by atoms with E-state index in [1.165, 1.54) is 7.11 Å². The molecule has 5 nitrogen and oxygen atoms in total. The van der Waals surface area contributed by atoms with Crippen molar-refractivity contribution in [3.63, 3.8) is 0 Å². The molecule has 0 aromatic carbocycles. The fourth-order valence-electron chi connectivity index (χ4n) is 1.24. The highest BCUT2D eigenvalue weighted by atomic mass is 127. The highest BCUT2D eigenvalue weighted by molar-refractivity contribution is 14.1. The molecule has 13 heavy (non-hydrogen) atoms. The Morgan fingerprint density at radius 1 is 1.23 bits per heavy atom. The van der Waals surface area contributed by atoms with Gasteiger partial charge in [0, 0.05) is 11.5 Å². The summed E-state index contributed by atoms with van der Waals surface area (Å²) < 4.78 is 10.5. The molecule has 1 aliphatic heterocycles. The van der Waals surface area contributed by atoms with E-state index in [4.69, 9.17) is 9.47 Å². The molecule has 0 aromatic heterocycles. The van der Waals surface area contributed by atoms with Crippen molar-refractivity contribution in [1.82, 2.24) is 0 Å². The van der Waals surface area contributed by atoms with Crippen molar-refractivity contribution in [2.24, 2.45) is 0 Å². The Hall–Kier alpha value is 0.530. The quantitative estimate of drug-likeness (QED) is 0.445. The monoisotopic (exact) mass is 304 g/mol. The first-order valence-electron chi connectivity index (χ1n) is 3.90. The summed E-state index contributed by atoms with van der Waals surface area (Å²) in [6, 6.07) is 0. The summed E-state index contributed by atoms with van der Waals surface area (Å²) in [5.74, 6) is 0. The largest absolute Gasteiger partial charge is 0.388 e. The third-order valence-corrected chi connectivity index (χ3v) is 2.92. The van der Waals surface area contributed by atoms with Crippen LogP contribution in [0, 0.1) is 0 Å². The van der Waals surface area contributed by atoms with E-state index in [-0.39, 0.29) is 0 Å². The van der Waals surface area contributed by atoms with Gasteiger partial charge in [-0.05, 0) is 0 Å². The number of aliphatic hydroxyl groups excluding tert-OH is 3. The minimum Gasteiger partial charge on any atom is -0.388 e. The summed E-state index contributed by atoms with van der Waals surface area (Å²) >= 11 is 2.03. The zero-order valence-corrected chi connectivity index (χ0v) is 9.29. The molecule has 78 valence electrons. The highest BCUT2D eigenvalue weighted by Gasteiger charge is 2.43. The van der Waals surface area contributed by atoms with Crippen LogP contribution in [-0.2, 0) is 9.47 Å². The lowest BCUT2D eigenvalue weighted by Gasteiger charge is -2.39. The molecular formula is C7H13IO5. The fourth-order valence-corrected chi connectivity index (χ4v) is 1.97. The third-order valence-electron chi connectivity index (χ3n) is 2.05. The molecule has 0 amide bonds. The van der Waals surface area contributed by atoms with Crippen molar-refractivity contribution >= 4 is 22.6 Å². The van der Waals surface area contributed by atoms with Gasteiger partial charge in [-0.3, -0.25) is 0 Å². The first-order chi connectivity index (χ1) is 6.11. The van der Waals surface area contributed by atoms with Gasteiger partial charge in [-0.1, -0.05) is 22.6 Å². The van der Waals surface area contributed by atoms with Gasteiger partial charge in [0.1, 0.15) is 18.3 Å². The summed E-state index contributed by atoms with van der Waals surface area (Å²) in [5, 5.41) is 28.2. The van der Waals surface area contributed by atoms with Crippen LogP contribution >= 0.6 is 22.6 Å². The Labute approximate surface area is 89.8 Å². The second-order valence-electron chi connectivity index (χ2n) is 2.90. The molecule has 0 aliphatic carbocycles. The maximum Gasteiger partial charge on any atom is 0.186 e. The van der Waals surface area contributed by atoms with E-state index in [2.05, 4.69) is 0 Å². The Kier molecular flexibility index (Phi) is 4.33. The predicted molar refractivity (Wildman–Crippen MR) is 52.6 cm³/mol. The topological polar surface area (TPSA) is 79.2 Å². The van der Waals surface area contributed by atoms with Crippen LogP contribution < -0.4 is 0 Å². The van der Waals surface area contributed by atoms with Crippen molar-refractivity contribution in [3.8, 4) is 0 Å². The standard InChI is InChI=1S/C7H13IO5/c1-12-7-6(11)5(10)4(9)3(2-8)13-7/h3-7,9-11H,2H2,1H3/t3-,4+,5+,6+,7+/m0/s1. The van der Waals surface area contributed by atoms with Crippen LogP contribution in [0.2, 0.25) is 0 Å². The van der Waals surface area contributed by atoms with Crippen LogP contribution in [0.1, 0.15) is 0 Å². The molecule has 0 saturated carbocycles. The SMILES string of the molecule is CO[C@@H]1O[C@@H](CI)[C@@H](O)[C@@H](O)[C@H]1O. The minimum absolute atomic E-state index is 0.496. The second kappa shape index (κ2) is 4.85. The van der Waals surface area contributed by atoms with Crippen molar-refractivity contribution in [2.75, 3.05) is 11.5 Å². The number of methoxy groups -OCH3 is 1. The summed E-state index contributed by atoms with van der Waals surface area (Å²) in [4.78, 5) is 0. The number of alkyl halides is 1. The molecule has 0 radical (unpaired) electrons. The molecule has 5 atom stereocenters. The van der Waals surface area contributed by atoms with Gasteiger partial charge in [-0.15, -0.1) is 0 Å². The normalized spacial score (nSPS) is 46.4. The van der Waals surface area contributed by atoms with Gasteiger partial charge in [0.15, 0.2) is 6.29 Å². The van der Waals surface area contributed by atoms with E-state index >= 15 is 0 Å². The molecule has 0 spiro atoms. The third kappa shape index (κ3) is 2.31. The number of rotatable bonds is 2. The molecule has 6 heteroatoms. The number of aliphatic hydroxyl groups is 3. The van der Waals surface area contributed by atoms with E-state index in [0.29, 0.717) is 4.43 Å². The zero-order chi connectivity index (χ0) is 10.0. The average molecular weight is 304 g/mol. The number of hydrogen-bond acceptors (Lipinski definition) is 5. The molecule has 1 saturated heterocycles.